The molecule has 1 aromatic rings. The van der Waals surface area contributed by atoms with Crippen LogP contribution in [0.4, 0.5) is 0 Å². The Morgan fingerprint density at radius 1 is 1.38 bits per heavy atom. The molecule has 0 saturated carbocycles. The number of hydrogen-bond donors (Lipinski definition) is 1. The van der Waals surface area contributed by atoms with Crippen LogP contribution >= 0.6 is 12.2 Å². The molecule has 0 radical (unpaired) electrons. The molecule has 0 amide bonds. The molecule has 1 N–H and O–H groups in total. The van der Waals surface area contributed by atoms with Crippen LogP contribution < -0.4 is 0 Å². The lowest BCUT2D eigenvalue weighted by molar-refractivity contribution is 0.0696. The van der Waals surface area contributed by atoms with E-state index in [0.717, 1.165) is 0 Å². The van der Waals surface area contributed by atoms with E-state index in [9.17, 15) is 4.79 Å². The first kappa shape index (κ1) is 9.67. The van der Waals surface area contributed by atoms with Crippen molar-refractivity contribution < 1.29 is 14.6 Å². The van der Waals surface area contributed by atoms with Crippen molar-refractivity contribution in [3.05, 3.63) is 35.4 Å². The number of carboxylic acids is 1. The monoisotopic (exact) mass is 196 g/mol. The van der Waals surface area contributed by atoms with Crippen LogP contribution in [0, 0.1) is 0 Å². The van der Waals surface area contributed by atoms with Crippen molar-refractivity contribution in [3.63, 3.8) is 0 Å². The second kappa shape index (κ2) is 4.00. The van der Waals surface area contributed by atoms with Crippen molar-refractivity contribution >= 4 is 23.2 Å². The van der Waals surface area contributed by atoms with E-state index in [1.54, 1.807) is 18.2 Å². The maximum absolute atomic E-state index is 10.7. The highest BCUT2D eigenvalue weighted by Gasteiger charge is 2.12. The number of ether oxygens (including phenoxy) is 1. The summed E-state index contributed by atoms with van der Waals surface area (Å²) in [4.78, 5) is 10.7. The minimum absolute atomic E-state index is 0.161. The molecule has 0 aliphatic heterocycles. The van der Waals surface area contributed by atoms with E-state index >= 15 is 0 Å². The molecule has 0 aliphatic carbocycles. The predicted molar refractivity (Wildman–Crippen MR) is 52.1 cm³/mol. The van der Waals surface area contributed by atoms with Crippen molar-refractivity contribution in [1.29, 1.82) is 0 Å². The molecule has 0 unspecified atom stereocenters. The summed E-state index contributed by atoms with van der Waals surface area (Å²) in [5.41, 5.74) is 0.599. The van der Waals surface area contributed by atoms with Crippen LogP contribution in [-0.4, -0.2) is 23.2 Å². The van der Waals surface area contributed by atoms with Gasteiger partial charge in [-0.3, -0.25) is 0 Å². The lowest BCUT2D eigenvalue weighted by Gasteiger charge is -2.04. The average Bonchev–Trinajstić information content (AvgIpc) is 2.16. The van der Waals surface area contributed by atoms with E-state index in [1.165, 1.54) is 13.2 Å². The van der Waals surface area contributed by atoms with Crippen molar-refractivity contribution in [2.45, 2.75) is 0 Å². The zero-order valence-corrected chi connectivity index (χ0v) is 7.80. The molecule has 4 heteroatoms. The highest BCUT2D eigenvalue weighted by atomic mass is 32.1. The summed E-state index contributed by atoms with van der Waals surface area (Å²) in [7, 11) is 1.42. The van der Waals surface area contributed by atoms with Gasteiger partial charge in [0.2, 0.25) is 0 Å². The summed E-state index contributed by atoms with van der Waals surface area (Å²) >= 11 is 4.84. The van der Waals surface area contributed by atoms with Gasteiger partial charge in [0, 0.05) is 5.56 Å². The molecule has 1 aromatic carbocycles. The van der Waals surface area contributed by atoms with Crippen molar-refractivity contribution in [3.8, 4) is 0 Å². The number of benzene rings is 1. The molecule has 13 heavy (non-hydrogen) atoms. The van der Waals surface area contributed by atoms with Crippen molar-refractivity contribution in [2.75, 3.05) is 7.11 Å². The van der Waals surface area contributed by atoms with Crippen LogP contribution in [0.1, 0.15) is 15.9 Å². The standard InChI is InChI=1S/C9H8O3S/c1-12-9(13)7-5-3-2-4-6(7)8(10)11/h2-5H,1H3,(H,10,11). The number of carboxylic acid groups (broad SMARTS) is 1. The Morgan fingerprint density at radius 2 is 1.92 bits per heavy atom. The lowest BCUT2D eigenvalue weighted by Crippen LogP contribution is -2.08. The molecule has 0 bridgehead atoms. The van der Waals surface area contributed by atoms with Gasteiger partial charge in [0.25, 0.3) is 0 Å². The van der Waals surface area contributed by atoms with E-state index in [1.807, 2.05) is 0 Å². The summed E-state index contributed by atoms with van der Waals surface area (Å²) in [6, 6.07) is 6.47. The van der Waals surface area contributed by atoms with Gasteiger partial charge in [0.1, 0.15) is 0 Å². The van der Waals surface area contributed by atoms with Crippen LogP contribution in [0.15, 0.2) is 24.3 Å². The SMILES string of the molecule is COC(=S)c1ccccc1C(=O)O. The second-order valence-corrected chi connectivity index (χ2v) is 2.71. The van der Waals surface area contributed by atoms with E-state index < -0.39 is 5.97 Å². The quantitative estimate of drug-likeness (QED) is 0.731. The van der Waals surface area contributed by atoms with Crippen molar-refractivity contribution in [1.82, 2.24) is 0 Å². The van der Waals surface area contributed by atoms with E-state index in [4.69, 9.17) is 22.1 Å². The van der Waals surface area contributed by atoms with Gasteiger partial charge in [-0.1, -0.05) is 12.1 Å². The molecule has 3 nitrogen and oxygen atoms in total. The molecule has 0 fully saturated rings. The third-order valence-electron chi connectivity index (χ3n) is 1.56. The molecule has 68 valence electrons. The van der Waals surface area contributed by atoms with Gasteiger partial charge < -0.3 is 9.84 Å². The molecule has 1 rings (SSSR count). The zero-order valence-electron chi connectivity index (χ0n) is 6.98. The van der Waals surface area contributed by atoms with Crippen LogP contribution in [0.25, 0.3) is 0 Å². The summed E-state index contributed by atoms with van der Waals surface area (Å²) in [6.07, 6.45) is 0. The van der Waals surface area contributed by atoms with Gasteiger partial charge in [-0.15, -0.1) is 0 Å². The van der Waals surface area contributed by atoms with E-state index in [0.29, 0.717) is 5.56 Å². The largest absolute Gasteiger partial charge is 0.486 e. The fourth-order valence-corrected chi connectivity index (χ4v) is 1.14. The summed E-state index contributed by atoms with van der Waals surface area (Å²) < 4.78 is 4.80. The second-order valence-electron chi connectivity index (χ2n) is 2.34. The topological polar surface area (TPSA) is 46.5 Å². The zero-order chi connectivity index (χ0) is 9.84. The van der Waals surface area contributed by atoms with Gasteiger partial charge in [0.05, 0.1) is 12.7 Å². The number of hydrogen-bond acceptors (Lipinski definition) is 3. The minimum atomic E-state index is -1.00. The Morgan fingerprint density at radius 3 is 2.38 bits per heavy atom. The molecule has 0 aromatic heterocycles. The minimum Gasteiger partial charge on any atom is -0.486 e. The molecule has 0 atom stereocenters. The number of aromatic carboxylic acids is 1. The van der Waals surface area contributed by atoms with Crippen LogP contribution in [0.5, 0.6) is 0 Å². The Kier molecular flexibility index (Phi) is 2.97. The first-order valence-corrected chi connectivity index (χ1v) is 3.98. The van der Waals surface area contributed by atoms with Gasteiger partial charge in [-0.2, -0.15) is 0 Å². The molecular weight excluding hydrogens is 188 g/mol. The van der Waals surface area contributed by atoms with Crippen LogP contribution in [0.2, 0.25) is 0 Å². The van der Waals surface area contributed by atoms with Gasteiger partial charge in [-0.05, 0) is 24.4 Å². The van der Waals surface area contributed by atoms with Gasteiger partial charge >= 0.3 is 5.97 Å². The molecule has 0 saturated heterocycles. The molecule has 0 heterocycles. The third kappa shape index (κ3) is 2.03. The van der Waals surface area contributed by atoms with E-state index in [2.05, 4.69) is 0 Å². The van der Waals surface area contributed by atoms with Gasteiger partial charge in [0.15, 0.2) is 5.05 Å². The highest BCUT2D eigenvalue weighted by molar-refractivity contribution is 7.80. The van der Waals surface area contributed by atoms with Gasteiger partial charge in [-0.25, -0.2) is 4.79 Å². The predicted octanol–water partition coefficient (Wildman–Crippen LogP) is 1.71. The Labute approximate surface area is 81.0 Å². The molecule has 0 aliphatic rings. The number of rotatable bonds is 2. The fourth-order valence-electron chi connectivity index (χ4n) is 0.958. The Bertz CT molecular complexity index is 346. The molecular formula is C9H8O3S. The molecule has 0 spiro atoms. The smallest absolute Gasteiger partial charge is 0.336 e. The van der Waals surface area contributed by atoms with Crippen LogP contribution in [0.3, 0.4) is 0 Å². The maximum atomic E-state index is 10.7. The fraction of sp³-hybridized carbons (Fsp3) is 0.111. The normalized spacial score (nSPS) is 9.31. The average molecular weight is 196 g/mol. The number of carbonyl (C=O) groups is 1. The Balaban J connectivity index is 3.19. The Hall–Kier alpha value is -1.42. The third-order valence-corrected chi connectivity index (χ3v) is 1.95. The first-order valence-electron chi connectivity index (χ1n) is 3.57. The van der Waals surface area contributed by atoms with Crippen LogP contribution in [-0.2, 0) is 4.74 Å². The number of thiocarbonyl (C=S) groups is 1. The first-order chi connectivity index (χ1) is 6.16. The summed E-state index contributed by atoms with van der Waals surface area (Å²) in [6.45, 7) is 0. The van der Waals surface area contributed by atoms with E-state index in [-0.39, 0.29) is 10.6 Å². The highest BCUT2D eigenvalue weighted by Crippen LogP contribution is 2.10. The van der Waals surface area contributed by atoms with Crippen molar-refractivity contribution in [2.24, 2.45) is 0 Å². The maximum Gasteiger partial charge on any atom is 0.336 e. The number of methoxy groups -OCH3 is 1. The summed E-state index contributed by atoms with van der Waals surface area (Å²) in [5.74, 6) is -1.00. The summed E-state index contributed by atoms with van der Waals surface area (Å²) in [5, 5.41) is 8.99. The lowest BCUT2D eigenvalue weighted by atomic mass is 10.1.